The molecule has 0 aliphatic rings. The Kier molecular flexibility index (Phi) is 7.11. The van der Waals surface area contributed by atoms with Gasteiger partial charge in [0.1, 0.15) is 0 Å². The molecule has 1 unspecified atom stereocenters. The van der Waals surface area contributed by atoms with Crippen molar-refractivity contribution in [2.24, 2.45) is 11.7 Å². The highest BCUT2D eigenvalue weighted by Gasteiger charge is 2.12. The molecule has 4 heteroatoms. The van der Waals surface area contributed by atoms with Crippen LogP contribution in [0.25, 0.3) is 0 Å². The predicted octanol–water partition coefficient (Wildman–Crippen LogP) is 2.91. The zero-order chi connectivity index (χ0) is 14.1. The number of hydrogen-bond donors (Lipinski definition) is 1. The zero-order valence-electron chi connectivity index (χ0n) is 11.9. The molecule has 0 amide bonds. The van der Waals surface area contributed by atoms with E-state index in [9.17, 15) is 4.79 Å². The molecule has 0 fully saturated rings. The Balaban J connectivity index is 2.49. The molecular formula is C15H24N2O2. The van der Waals surface area contributed by atoms with Crippen molar-refractivity contribution in [1.29, 1.82) is 0 Å². The quantitative estimate of drug-likeness (QED) is 0.733. The van der Waals surface area contributed by atoms with E-state index in [0.29, 0.717) is 30.3 Å². The molecule has 1 heterocycles. The van der Waals surface area contributed by atoms with E-state index in [4.69, 9.17) is 10.5 Å². The summed E-state index contributed by atoms with van der Waals surface area (Å²) in [6.45, 7) is 5.13. The maximum Gasteiger partial charge on any atom is 0.338 e. The van der Waals surface area contributed by atoms with Gasteiger partial charge >= 0.3 is 5.97 Å². The van der Waals surface area contributed by atoms with Gasteiger partial charge in [-0.3, -0.25) is 4.98 Å². The molecule has 1 aromatic rings. The molecule has 1 atom stereocenters. The number of nitrogens with two attached hydrogens (primary N) is 1. The first-order chi connectivity index (χ1) is 9.21. The van der Waals surface area contributed by atoms with Gasteiger partial charge in [-0.1, -0.05) is 33.1 Å². The van der Waals surface area contributed by atoms with Crippen LogP contribution in [0, 0.1) is 5.92 Å². The first-order valence-corrected chi connectivity index (χ1v) is 7.03. The SMILES string of the molecule is CCCCC(CC)COC(=O)c1ccnc(CN)c1. The smallest absolute Gasteiger partial charge is 0.338 e. The lowest BCUT2D eigenvalue weighted by molar-refractivity contribution is 0.0428. The number of esters is 1. The molecule has 4 nitrogen and oxygen atoms in total. The number of aromatic nitrogens is 1. The first-order valence-electron chi connectivity index (χ1n) is 7.03. The molecule has 0 saturated heterocycles. The molecule has 1 aromatic heterocycles. The highest BCUT2D eigenvalue weighted by Crippen LogP contribution is 2.14. The van der Waals surface area contributed by atoms with Gasteiger partial charge < -0.3 is 10.5 Å². The molecule has 0 saturated carbocycles. The fraction of sp³-hybridized carbons (Fsp3) is 0.600. The Morgan fingerprint density at radius 2 is 2.26 bits per heavy atom. The summed E-state index contributed by atoms with van der Waals surface area (Å²) in [7, 11) is 0. The fourth-order valence-electron chi connectivity index (χ4n) is 1.89. The fourth-order valence-corrected chi connectivity index (χ4v) is 1.89. The number of carbonyl (C=O) groups is 1. The predicted molar refractivity (Wildman–Crippen MR) is 75.7 cm³/mol. The van der Waals surface area contributed by atoms with E-state index >= 15 is 0 Å². The summed E-state index contributed by atoms with van der Waals surface area (Å²) < 4.78 is 5.37. The van der Waals surface area contributed by atoms with E-state index in [1.54, 1.807) is 18.3 Å². The second kappa shape index (κ2) is 8.64. The average molecular weight is 264 g/mol. The van der Waals surface area contributed by atoms with Crippen LogP contribution in [0.4, 0.5) is 0 Å². The third kappa shape index (κ3) is 5.39. The van der Waals surface area contributed by atoms with Crippen molar-refractivity contribution in [1.82, 2.24) is 4.98 Å². The Morgan fingerprint density at radius 3 is 2.89 bits per heavy atom. The minimum Gasteiger partial charge on any atom is -0.462 e. The Hall–Kier alpha value is -1.42. The van der Waals surface area contributed by atoms with Gasteiger partial charge in [-0.05, 0) is 24.5 Å². The summed E-state index contributed by atoms with van der Waals surface area (Å²) in [5.74, 6) is 0.173. The minimum absolute atomic E-state index is 0.285. The summed E-state index contributed by atoms with van der Waals surface area (Å²) in [4.78, 5) is 16.0. The van der Waals surface area contributed by atoms with E-state index in [-0.39, 0.29) is 5.97 Å². The molecule has 0 aromatic carbocycles. The highest BCUT2D eigenvalue weighted by atomic mass is 16.5. The van der Waals surface area contributed by atoms with Crippen LogP contribution < -0.4 is 5.73 Å². The average Bonchev–Trinajstić information content (AvgIpc) is 2.47. The van der Waals surface area contributed by atoms with Crippen LogP contribution in [0.3, 0.4) is 0 Å². The Bertz CT molecular complexity index is 393. The van der Waals surface area contributed by atoms with Crippen molar-refractivity contribution in [2.45, 2.75) is 46.1 Å². The zero-order valence-corrected chi connectivity index (χ0v) is 11.9. The molecule has 2 N–H and O–H groups in total. The number of unbranched alkanes of at least 4 members (excludes halogenated alkanes) is 1. The van der Waals surface area contributed by atoms with Crippen molar-refractivity contribution in [2.75, 3.05) is 6.61 Å². The molecule has 0 aliphatic heterocycles. The molecule has 0 spiro atoms. The van der Waals surface area contributed by atoms with Crippen LogP contribution in [-0.2, 0) is 11.3 Å². The number of ether oxygens (including phenoxy) is 1. The van der Waals surface area contributed by atoms with Gasteiger partial charge in [0.25, 0.3) is 0 Å². The maximum atomic E-state index is 11.9. The summed E-state index contributed by atoms with van der Waals surface area (Å²) in [6, 6.07) is 3.35. The van der Waals surface area contributed by atoms with Gasteiger partial charge in [-0.25, -0.2) is 4.79 Å². The summed E-state index contributed by atoms with van der Waals surface area (Å²) in [5.41, 5.74) is 6.73. The second-order valence-corrected chi connectivity index (χ2v) is 4.75. The lowest BCUT2D eigenvalue weighted by Crippen LogP contribution is -2.14. The van der Waals surface area contributed by atoms with E-state index in [1.165, 1.54) is 12.8 Å². The van der Waals surface area contributed by atoms with Crippen LogP contribution in [0.2, 0.25) is 0 Å². The standard InChI is InChI=1S/C15H24N2O2/c1-3-5-6-12(4-2)11-19-15(18)13-7-8-17-14(9-13)10-16/h7-9,12H,3-6,10-11,16H2,1-2H3. The third-order valence-electron chi connectivity index (χ3n) is 3.25. The molecule has 0 aliphatic carbocycles. The van der Waals surface area contributed by atoms with Gasteiger partial charge in [0, 0.05) is 12.7 Å². The van der Waals surface area contributed by atoms with Gasteiger partial charge in [-0.15, -0.1) is 0 Å². The summed E-state index contributed by atoms with van der Waals surface area (Å²) >= 11 is 0. The van der Waals surface area contributed by atoms with Gasteiger partial charge in [0.15, 0.2) is 0 Å². The molecule has 1 rings (SSSR count). The monoisotopic (exact) mass is 264 g/mol. The van der Waals surface area contributed by atoms with Gasteiger partial charge in [-0.2, -0.15) is 0 Å². The minimum atomic E-state index is -0.285. The normalized spacial score (nSPS) is 12.2. The number of pyridine rings is 1. The Morgan fingerprint density at radius 1 is 1.47 bits per heavy atom. The van der Waals surface area contributed by atoms with Crippen LogP contribution >= 0.6 is 0 Å². The van der Waals surface area contributed by atoms with E-state index in [2.05, 4.69) is 18.8 Å². The van der Waals surface area contributed by atoms with Crippen LogP contribution in [-0.4, -0.2) is 17.6 Å². The number of rotatable bonds is 8. The number of carbonyl (C=O) groups excluding carboxylic acids is 1. The summed E-state index contributed by atoms with van der Waals surface area (Å²) in [6.07, 6.45) is 6.10. The lowest BCUT2D eigenvalue weighted by Gasteiger charge is -2.14. The van der Waals surface area contributed by atoms with Crippen molar-refractivity contribution in [3.8, 4) is 0 Å². The summed E-state index contributed by atoms with van der Waals surface area (Å²) in [5, 5.41) is 0. The Labute approximate surface area is 115 Å². The van der Waals surface area contributed by atoms with Crippen LogP contribution in [0.15, 0.2) is 18.3 Å². The van der Waals surface area contributed by atoms with E-state index in [0.717, 1.165) is 12.8 Å². The van der Waals surface area contributed by atoms with Crippen LogP contribution in [0.1, 0.15) is 55.6 Å². The van der Waals surface area contributed by atoms with E-state index in [1.807, 2.05) is 0 Å². The second-order valence-electron chi connectivity index (χ2n) is 4.75. The molecule has 0 bridgehead atoms. The lowest BCUT2D eigenvalue weighted by atomic mass is 10.0. The first kappa shape index (κ1) is 15.6. The van der Waals surface area contributed by atoms with Crippen molar-refractivity contribution in [3.05, 3.63) is 29.6 Å². The number of nitrogens with zero attached hydrogens (tertiary/aromatic N) is 1. The number of hydrogen-bond acceptors (Lipinski definition) is 4. The highest BCUT2D eigenvalue weighted by molar-refractivity contribution is 5.89. The third-order valence-corrected chi connectivity index (χ3v) is 3.25. The molecule has 106 valence electrons. The topological polar surface area (TPSA) is 65.2 Å². The van der Waals surface area contributed by atoms with E-state index < -0.39 is 0 Å². The van der Waals surface area contributed by atoms with Crippen LogP contribution in [0.5, 0.6) is 0 Å². The van der Waals surface area contributed by atoms with Crippen molar-refractivity contribution < 1.29 is 9.53 Å². The van der Waals surface area contributed by atoms with Crippen molar-refractivity contribution in [3.63, 3.8) is 0 Å². The largest absolute Gasteiger partial charge is 0.462 e. The van der Waals surface area contributed by atoms with Crippen molar-refractivity contribution >= 4 is 5.97 Å². The van der Waals surface area contributed by atoms with Gasteiger partial charge in [0.05, 0.1) is 17.9 Å². The molecule has 19 heavy (non-hydrogen) atoms. The molecule has 0 radical (unpaired) electrons. The maximum absolute atomic E-state index is 11.9. The van der Waals surface area contributed by atoms with Gasteiger partial charge in [0.2, 0.25) is 0 Å². The molecular weight excluding hydrogens is 240 g/mol.